The van der Waals surface area contributed by atoms with Crippen molar-refractivity contribution in [1.82, 2.24) is 0 Å². The third kappa shape index (κ3) is 3.73. The zero-order valence-electron chi connectivity index (χ0n) is 9.91. The molecule has 0 spiro atoms. The van der Waals surface area contributed by atoms with Crippen molar-refractivity contribution in [1.29, 1.82) is 0 Å². The maximum atomic E-state index is 6.01. The number of hydrogen-bond donors (Lipinski definition) is 1. The van der Waals surface area contributed by atoms with E-state index in [9.17, 15) is 0 Å². The average molecular weight is 286 g/mol. The molecule has 0 atom stereocenters. The van der Waals surface area contributed by atoms with E-state index in [0.717, 1.165) is 21.0 Å². The molecule has 6 N–H and O–H groups in total. The number of halogens is 1. The summed E-state index contributed by atoms with van der Waals surface area (Å²) >= 11 is 7.27. The fourth-order valence-electron chi connectivity index (χ4n) is 1.64. The molecule has 2 rings (SSSR count). The van der Waals surface area contributed by atoms with Crippen LogP contribution in [0.4, 0.5) is 0 Å². The first-order chi connectivity index (χ1) is 7.70. The zero-order chi connectivity index (χ0) is 11.5. The van der Waals surface area contributed by atoms with Gasteiger partial charge in [-0.25, -0.2) is 0 Å². The molecule has 0 unspecified atom stereocenters. The molecule has 0 bridgehead atoms. The van der Waals surface area contributed by atoms with Gasteiger partial charge in [-0.3, -0.25) is 5.14 Å². The van der Waals surface area contributed by atoms with Crippen molar-refractivity contribution in [3.05, 3.63) is 53.1 Å². The molecule has 0 aliphatic carbocycles. The van der Waals surface area contributed by atoms with Gasteiger partial charge in [0.2, 0.25) is 0 Å². The molecule has 0 fully saturated rings. The van der Waals surface area contributed by atoms with Gasteiger partial charge in [-0.2, -0.15) is 0 Å². The molecule has 0 aliphatic heterocycles. The molecule has 3 nitrogen and oxygen atoms in total. The van der Waals surface area contributed by atoms with E-state index in [1.807, 2.05) is 30.3 Å². The molecule has 18 heavy (non-hydrogen) atoms. The highest BCUT2D eigenvalue weighted by atomic mass is 35.5. The molecular weight excluding hydrogens is 270 g/mol. The molecule has 0 saturated carbocycles. The number of aryl methyl sites for hydroxylation is 1. The van der Waals surface area contributed by atoms with E-state index >= 15 is 0 Å². The molecule has 2 aromatic rings. The standard InChI is InChI=1S/C13H12ClNS.2H2O/c1-9-5-6-11(14)8-13(9)10-3-2-4-12(7-10)16-15;;/h2-8H,15H2,1H3;2*1H2. The Morgan fingerprint density at radius 2 is 1.78 bits per heavy atom. The van der Waals surface area contributed by atoms with Crippen LogP contribution in [0.15, 0.2) is 47.4 Å². The van der Waals surface area contributed by atoms with E-state index in [0.29, 0.717) is 0 Å². The minimum atomic E-state index is 0. The molecule has 0 aliphatic rings. The minimum Gasteiger partial charge on any atom is -0.412 e. The Bertz CT molecular complexity index is 520. The summed E-state index contributed by atoms with van der Waals surface area (Å²) in [5.41, 5.74) is 3.52. The van der Waals surface area contributed by atoms with Crippen molar-refractivity contribution >= 4 is 23.5 Å². The molecule has 0 saturated heterocycles. The summed E-state index contributed by atoms with van der Waals surface area (Å²) in [6.07, 6.45) is 0. The van der Waals surface area contributed by atoms with Crippen LogP contribution in [0, 0.1) is 6.92 Å². The Balaban J connectivity index is 0.00000144. The topological polar surface area (TPSA) is 89.0 Å². The van der Waals surface area contributed by atoms with E-state index < -0.39 is 0 Å². The van der Waals surface area contributed by atoms with Crippen molar-refractivity contribution in [3.8, 4) is 11.1 Å². The van der Waals surface area contributed by atoms with Gasteiger partial charge in [0.1, 0.15) is 0 Å². The summed E-state index contributed by atoms with van der Waals surface area (Å²) in [4.78, 5) is 1.05. The van der Waals surface area contributed by atoms with Gasteiger partial charge in [-0.15, -0.1) is 0 Å². The summed E-state index contributed by atoms with van der Waals surface area (Å²) in [6, 6.07) is 14.1. The predicted octanol–water partition coefficient (Wildman–Crippen LogP) is 2.63. The second-order valence-corrected chi connectivity index (χ2v) is 4.75. The molecule has 0 amide bonds. The van der Waals surface area contributed by atoms with Gasteiger partial charge in [0.15, 0.2) is 0 Å². The van der Waals surface area contributed by atoms with Gasteiger partial charge in [-0.05, 0) is 59.8 Å². The van der Waals surface area contributed by atoms with Gasteiger partial charge < -0.3 is 11.0 Å². The number of rotatable bonds is 2. The Morgan fingerprint density at radius 3 is 2.44 bits per heavy atom. The fourth-order valence-corrected chi connectivity index (χ4v) is 2.17. The van der Waals surface area contributed by atoms with Crippen LogP contribution in [0.5, 0.6) is 0 Å². The lowest BCUT2D eigenvalue weighted by atomic mass is 10.0. The summed E-state index contributed by atoms with van der Waals surface area (Å²) in [5.74, 6) is 0. The molecule has 5 heteroatoms. The van der Waals surface area contributed by atoms with E-state index in [4.69, 9.17) is 16.7 Å². The third-order valence-electron chi connectivity index (χ3n) is 2.48. The molecular formula is C13H16ClNO2S. The maximum absolute atomic E-state index is 6.01. The largest absolute Gasteiger partial charge is 0.412 e. The molecule has 2 aromatic carbocycles. The maximum Gasteiger partial charge on any atom is 0.0412 e. The van der Waals surface area contributed by atoms with Gasteiger partial charge in [0.05, 0.1) is 0 Å². The van der Waals surface area contributed by atoms with Crippen molar-refractivity contribution in [2.75, 3.05) is 0 Å². The molecule has 98 valence electrons. The first-order valence-electron chi connectivity index (χ1n) is 4.94. The lowest BCUT2D eigenvalue weighted by Gasteiger charge is -2.07. The highest BCUT2D eigenvalue weighted by molar-refractivity contribution is 7.97. The van der Waals surface area contributed by atoms with E-state index in [1.54, 1.807) is 0 Å². The second kappa shape index (κ2) is 7.41. The first-order valence-corrected chi connectivity index (χ1v) is 6.20. The van der Waals surface area contributed by atoms with Gasteiger partial charge >= 0.3 is 0 Å². The van der Waals surface area contributed by atoms with E-state index in [1.165, 1.54) is 17.5 Å². The number of benzene rings is 2. The van der Waals surface area contributed by atoms with Crippen LogP contribution in [0.1, 0.15) is 5.56 Å². The molecule has 0 aromatic heterocycles. The first kappa shape index (κ1) is 17.0. The predicted molar refractivity (Wildman–Crippen MR) is 78.9 cm³/mol. The normalized spacial score (nSPS) is 9.28. The lowest BCUT2D eigenvalue weighted by Crippen LogP contribution is -1.85. The monoisotopic (exact) mass is 285 g/mol. The van der Waals surface area contributed by atoms with Crippen LogP contribution < -0.4 is 5.14 Å². The Kier molecular flexibility index (Phi) is 6.98. The average Bonchev–Trinajstić information content (AvgIpc) is 2.32. The quantitative estimate of drug-likeness (QED) is 0.860. The van der Waals surface area contributed by atoms with Crippen LogP contribution in [-0.2, 0) is 0 Å². The van der Waals surface area contributed by atoms with Gasteiger partial charge in [0.25, 0.3) is 0 Å². The molecule has 0 radical (unpaired) electrons. The van der Waals surface area contributed by atoms with Crippen LogP contribution in [-0.4, -0.2) is 11.0 Å². The van der Waals surface area contributed by atoms with Crippen LogP contribution in [0.25, 0.3) is 11.1 Å². The molecule has 0 heterocycles. The Labute approximate surface area is 116 Å². The smallest absolute Gasteiger partial charge is 0.0412 e. The van der Waals surface area contributed by atoms with E-state index in [2.05, 4.69) is 19.1 Å². The highest BCUT2D eigenvalue weighted by Gasteiger charge is 2.03. The Hall–Kier alpha value is -1.04. The fraction of sp³-hybridized carbons (Fsp3) is 0.0769. The zero-order valence-corrected chi connectivity index (χ0v) is 11.5. The Morgan fingerprint density at radius 1 is 1.06 bits per heavy atom. The summed E-state index contributed by atoms with van der Waals surface area (Å²) in [6.45, 7) is 2.08. The van der Waals surface area contributed by atoms with E-state index in [-0.39, 0.29) is 11.0 Å². The third-order valence-corrected chi connectivity index (χ3v) is 3.24. The summed E-state index contributed by atoms with van der Waals surface area (Å²) in [7, 11) is 0. The highest BCUT2D eigenvalue weighted by Crippen LogP contribution is 2.28. The van der Waals surface area contributed by atoms with Crippen molar-refractivity contribution < 1.29 is 11.0 Å². The number of nitrogens with two attached hydrogens (primary N) is 1. The SMILES string of the molecule is Cc1ccc(Cl)cc1-c1cccc(SN)c1.O.O. The van der Waals surface area contributed by atoms with Gasteiger partial charge in [0, 0.05) is 9.92 Å². The van der Waals surface area contributed by atoms with Crippen LogP contribution >= 0.6 is 23.5 Å². The summed E-state index contributed by atoms with van der Waals surface area (Å²) in [5, 5.41) is 6.31. The van der Waals surface area contributed by atoms with Crippen molar-refractivity contribution in [2.24, 2.45) is 5.14 Å². The second-order valence-electron chi connectivity index (χ2n) is 3.60. The minimum absolute atomic E-state index is 0. The lowest BCUT2D eigenvalue weighted by molar-refractivity contribution is 0.823. The van der Waals surface area contributed by atoms with Crippen LogP contribution in [0.3, 0.4) is 0 Å². The summed E-state index contributed by atoms with van der Waals surface area (Å²) < 4.78 is 0. The van der Waals surface area contributed by atoms with Crippen molar-refractivity contribution in [3.63, 3.8) is 0 Å². The number of hydrogen-bond acceptors (Lipinski definition) is 2. The van der Waals surface area contributed by atoms with Crippen LogP contribution in [0.2, 0.25) is 5.02 Å². The van der Waals surface area contributed by atoms with Gasteiger partial charge in [-0.1, -0.05) is 29.8 Å². The van der Waals surface area contributed by atoms with Crippen molar-refractivity contribution in [2.45, 2.75) is 11.8 Å².